The van der Waals surface area contributed by atoms with Crippen LogP contribution in [0.1, 0.15) is 35.3 Å². The van der Waals surface area contributed by atoms with Crippen LogP contribution < -0.4 is 5.48 Å². The van der Waals surface area contributed by atoms with Crippen LogP contribution in [-0.4, -0.2) is 34.1 Å². The van der Waals surface area contributed by atoms with Gasteiger partial charge in [-0.15, -0.1) is 0 Å². The van der Waals surface area contributed by atoms with Crippen LogP contribution in [0.5, 0.6) is 0 Å². The maximum atomic E-state index is 14.3. The summed E-state index contributed by atoms with van der Waals surface area (Å²) in [7, 11) is 0. The molecule has 134 valence electrons. The van der Waals surface area contributed by atoms with Gasteiger partial charge in [0.05, 0.1) is 0 Å². The van der Waals surface area contributed by atoms with E-state index in [0.717, 1.165) is 31.1 Å². The zero-order valence-corrected chi connectivity index (χ0v) is 14.6. The Morgan fingerprint density at radius 2 is 2.16 bits per heavy atom. The van der Waals surface area contributed by atoms with Gasteiger partial charge < -0.3 is 0 Å². The van der Waals surface area contributed by atoms with Crippen molar-refractivity contribution in [2.75, 3.05) is 13.1 Å². The smallest absolute Gasteiger partial charge is 0.274 e. The topological polar surface area (TPSA) is 65.5 Å². The maximum Gasteiger partial charge on any atom is 0.274 e. The third kappa shape index (κ3) is 5.92. The van der Waals surface area contributed by atoms with E-state index in [9.17, 15) is 9.18 Å². The summed E-state index contributed by atoms with van der Waals surface area (Å²) in [6.45, 7) is 6.36. The van der Waals surface area contributed by atoms with Gasteiger partial charge in [0.2, 0.25) is 0 Å². The molecule has 0 atom stereocenters. The van der Waals surface area contributed by atoms with Gasteiger partial charge in [0.25, 0.3) is 5.91 Å². The molecule has 2 N–H and O–H groups in total. The summed E-state index contributed by atoms with van der Waals surface area (Å²) in [5.41, 5.74) is 3.28. The first kappa shape index (κ1) is 19.0. The van der Waals surface area contributed by atoms with Crippen molar-refractivity contribution in [1.29, 1.82) is 0 Å². The van der Waals surface area contributed by atoms with Crippen LogP contribution in [0.3, 0.4) is 0 Å². The number of hydrogen-bond donors (Lipinski definition) is 2. The molecule has 2 rings (SSSR count). The monoisotopic (exact) mass is 345 g/mol. The Morgan fingerprint density at radius 3 is 2.76 bits per heavy atom. The Balaban J connectivity index is 2.07. The Labute approximate surface area is 147 Å². The Morgan fingerprint density at radius 1 is 1.36 bits per heavy atom. The van der Waals surface area contributed by atoms with Crippen molar-refractivity contribution in [2.45, 2.75) is 26.8 Å². The quantitative estimate of drug-likeness (QED) is 0.570. The molecule has 1 aromatic carbocycles. The summed E-state index contributed by atoms with van der Waals surface area (Å²) in [5, 5.41) is 8.64. The van der Waals surface area contributed by atoms with E-state index >= 15 is 0 Å². The van der Waals surface area contributed by atoms with Gasteiger partial charge in [-0.2, -0.15) is 0 Å². The molecule has 0 radical (unpaired) electrons. The van der Waals surface area contributed by atoms with E-state index < -0.39 is 11.7 Å². The number of carbonyl (C=O) groups is 1. The second-order valence-corrected chi connectivity index (χ2v) is 6.49. The molecule has 1 aromatic heterocycles. The lowest BCUT2D eigenvalue weighted by molar-refractivity contribution is 0.0706. The van der Waals surface area contributed by atoms with E-state index in [1.807, 2.05) is 18.3 Å². The second-order valence-electron chi connectivity index (χ2n) is 6.49. The predicted molar refractivity (Wildman–Crippen MR) is 93.7 cm³/mol. The zero-order valence-electron chi connectivity index (χ0n) is 14.6. The van der Waals surface area contributed by atoms with Crippen LogP contribution in [-0.2, 0) is 13.0 Å². The molecule has 0 aliphatic heterocycles. The van der Waals surface area contributed by atoms with Gasteiger partial charge in [-0.3, -0.25) is 19.9 Å². The number of nitrogens with zero attached hydrogens (tertiary/aromatic N) is 2. The summed E-state index contributed by atoms with van der Waals surface area (Å²) in [6, 6.07) is 8.20. The average Bonchev–Trinajstić information content (AvgIpc) is 2.61. The standard InChI is InChI=1S/C19H24FN3O2/c1-14(2)12-23(9-7-15-4-3-8-21-11-15)13-17-6-5-16(10-18(17)20)19(24)22-25/h3-6,8,10-11,14,25H,7,9,12-13H2,1-2H3,(H,22,24). The van der Waals surface area contributed by atoms with Gasteiger partial charge in [-0.25, -0.2) is 9.87 Å². The Hall–Kier alpha value is -2.31. The molecule has 0 aliphatic rings. The largest absolute Gasteiger partial charge is 0.298 e. The van der Waals surface area contributed by atoms with Crippen LogP contribution in [0.4, 0.5) is 4.39 Å². The Kier molecular flexibility index (Phi) is 7.03. The fourth-order valence-electron chi connectivity index (χ4n) is 2.71. The molecular weight excluding hydrogens is 321 g/mol. The van der Waals surface area contributed by atoms with Gasteiger partial charge in [0, 0.05) is 43.2 Å². The van der Waals surface area contributed by atoms with E-state index in [4.69, 9.17) is 5.21 Å². The van der Waals surface area contributed by atoms with Crippen LogP contribution >= 0.6 is 0 Å². The highest BCUT2D eigenvalue weighted by atomic mass is 19.1. The van der Waals surface area contributed by atoms with Gasteiger partial charge >= 0.3 is 0 Å². The first-order chi connectivity index (χ1) is 12.0. The highest BCUT2D eigenvalue weighted by Crippen LogP contribution is 2.15. The van der Waals surface area contributed by atoms with Crippen molar-refractivity contribution in [3.8, 4) is 0 Å². The number of pyridine rings is 1. The van der Waals surface area contributed by atoms with Gasteiger partial charge in [0.1, 0.15) is 5.82 Å². The lowest BCUT2D eigenvalue weighted by atomic mass is 10.1. The van der Waals surface area contributed by atoms with E-state index in [2.05, 4.69) is 23.7 Å². The van der Waals surface area contributed by atoms with Crippen molar-refractivity contribution in [3.63, 3.8) is 0 Å². The molecule has 0 saturated heterocycles. The summed E-state index contributed by atoms with van der Waals surface area (Å²) in [6.07, 6.45) is 4.43. The van der Waals surface area contributed by atoms with Crippen LogP contribution in [0.25, 0.3) is 0 Å². The van der Waals surface area contributed by atoms with Gasteiger partial charge in [0.15, 0.2) is 0 Å². The van der Waals surface area contributed by atoms with Crippen LogP contribution in [0.15, 0.2) is 42.7 Å². The number of carbonyl (C=O) groups excluding carboxylic acids is 1. The number of aromatic nitrogens is 1. The fourth-order valence-corrected chi connectivity index (χ4v) is 2.71. The molecule has 0 fully saturated rings. The number of nitrogens with one attached hydrogen (secondary N) is 1. The fraction of sp³-hybridized carbons (Fsp3) is 0.368. The number of halogens is 1. The summed E-state index contributed by atoms with van der Waals surface area (Å²) >= 11 is 0. The third-order valence-electron chi connectivity index (χ3n) is 3.87. The zero-order chi connectivity index (χ0) is 18.2. The highest BCUT2D eigenvalue weighted by molar-refractivity contribution is 5.93. The SMILES string of the molecule is CC(C)CN(CCc1cccnc1)Cc1ccc(C(=O)NO)cc1F. The average molecular weight is 345 g/mol. The van der Waals surface area contributed by atoms with E-state index in [0.29, 0.717) is 18.0 Å². The van der Waals surface area contributed by atoms with Crippen molar-refractivity contribution >= 4 is 5.91 Å². The molecule has 0 unspecified atom stereocenters. The minimum Gasteiger partial charge on any atom is -0.298 e. The predicted octanol–water partition coefficient (Wildman–Crippen LogP) is 3.04. The van der Waals surface area contributed by atoms with Crippen molar-refractivity contribution in [1.82, 2.24) is 15.4 Å². The number of rotatable bonds is 8. The summed E-state index contributed by atoms with van der Waals surface area (Å²) in [5.74, 6) is -0.714. The molecule has 0 spiro atoms. The van der Waals surface area contributed by atoms with Crippen LogP contribution in [0.2, 0.25) is 0 Å². The first-order valence-electron chi connectivity index (χ1n) is 8.33. The van der Waals surface area contributed by atoms with Crippen molar-refractivity contribution in [2.24, 2.45) is 5.92 Å². The molecular formula is C19H24FN3O2. The molecule has 0 saturated carbocycles. The molecule has 0 bridgehead atoms. The van der Waals surface area contributed by atoms with Crippen LogP contribution in [0, 0.1) is 11.7 Å². The number of benzene rings is 1. The van der Waals surface area contributed by atoms with Gasteiger partial charge in [-0.1, -0.05) is 26.0 Å². The molecule has 1 heterocycles. The maximum absolute atomic E-state index is 14.3. The number of hydroxylamine groups is 1. The lowest BCUT2D eigenvalue weighted by Crippen LogP contribution is -2.30. The molecule has 2 aromatic rings. The minimum absolute atomic E-state index is 0.0921. The molecule has 5 nitrogen and oxygen atoms in total. The molecule has 0 aliphatic carbocycles. The van der Waals surface area contributed by atoms with E-state index in [1.54, 1.807) is 12.3 Å². The Bertz CT molecular complexity index is 692. The van der Waals surface area contributed by atoms with Crippen molar-refractivity contribution in [3.05, 3.63) is 65.2 Å². The second kappa shape index (κ2) is 9.25. The van der Waals surface area contributed by atoms with Gasteiger partial charge in [-0.05, 0) is 36.1 Å². The van der Waals surface area contributed by atoms with Crippen molar-refractivity contribution < 1.29 is 14.4 Å². The number of amides is 1. The lowest BCUT2D eigenvalue weighted by Gasteiger charge is -2.24. The molecule has 25 heavy (non-hydrogen) atoms. The summed E-state index contributed by atoms with van der Waals surface area (Å²) < 4.78 is 14.3. The molecule has 6 heteroatoms. The minimum atomic E-state index is -0.721. The first-order valence-corrected chi connectivity index (χ1v) is 8.33. The number of hydrogen-bond acceptors (Lipinski definition) is 4. The van der Waals surface area contributed by atoms with E-state index in [-0.39, 0.29) is 5.56 Å². The normalized spacial score (nSPS) is 11.1. The highest BCUT2D eigenvalue weighted by Gasteiger charge is 2.14. The third-order valence-corrected chi connectivity index (χ3v) is 3.87. The van der Waals surface area contributed by atoms with E-state index in [1.165, 1.54) is 11.5 Å². The summed E-state index contributed by atoms with van der Waals surface area (Å²) in [4.78, 5) is 17.7. The molecule has 1 amide bonds.